The summed E-state index contributed by atoms with van der Waals surface area (Å²) in [5.74, 6) is 0. The number of rotatable bonds is 6. The molecule has 10 aromatic rings. The number of hydrogen-bond acceptors (Lipinski definition) is 1. The highest BCUT2D eigenvalue weighted by Gasteiger charge is 2.19. The van der Waals surface area contributed by atoms with Crippen LogP contribution in [0.3, 0.4) is 0 Å². The summed E-state index contributed by atoms with van der Waals surface area (Å²) in [6.45, 7) is 0. The van der Waals surface area contributed by atoms with Crippen molar-refractivity contribution in [2.75, 3.05) is 4.90 Å². The summed E-state index contributed by atoms with van der Waals surface area (Å²) in [6.07, 6.45) is 0. The van der Waals surface area contributed by atoms with E-state index in [1.807, 2.05) is 0 Å². The molecule has 1 heterocycles. The Morgan fingerprint density at radius 1 is 0.302 bits per heavy atom. The normalized spacial score (nSPS) is 11.5. The van der Waals surface area contributed by atoms with Crippen molar-refractivity contribution < 1.29 is 0 Å². The van der Waals surface area contributed by atoms with Gasteiger partial charge in [0, 0.05) is 45.8 Å². The molecular formula is C51H36N2. The van der Waals surface area contributed by atoms with Gasteiger partial charge in [-0.1, -0.05) is 164 Å². The lowest BCUT2D eigenvalue weighted by Crippen LogP contribution is -2.09. The Labute approximate surface area is 309 Å². The van der Waals surface area contributed by atoms with Crippen molar-refractivity contribution in [2.45, 2.75) is 0 Å². The second kappa shape index (κ2) is 12.7. The first-order valence-corrected chi connectivity index (χ1v) is 18.2. The number of fused-ring (bicyclic) bond motifs is 8. The number of anilines is 3. The van der Waals surface area contributed by atoms with Gasteiger partial charge in [0.2, 0.25) is 0 Å². The van der Waals surface area contributed by atoms with Crippen LogP contribution in [-0.4, -0.2) is 4.57 Å². The SMILES string of the molecule is Cn1c2c(-c3ccc(-c4ccc(N(c5ccccc5)c5ccc(-c6ccccc6)cc5)cc4)cc3)cccc2c2c3ccccc3c3ccccc3c21. The molecule has 0 spiro atoms. The quantitative estimate of drug-likeness (QED) is 0.159. The topological polar surface area (TPSA) is 8.17 Å². The Hall–Kier alpha value is -6.90. The molecular weight excluding hydrogens is 641 g/mol. The van der Waals surface area contributed by atoms with Gasteiger partial charge in [0.15, 0.2) is 0 Å². The molecule has 9 aromatic carbocycles. The Morgan fingerprint density at radius 2 is 0.717 bits per heavy atom. The van der Waals surface area contributed by atoms with Gasteiger partial charge in [-0.3, -0.25) is 0 Å². The van der Waals surface area contributed by atoms with Crippen LogP contribution in [0.1, 0.15) is 0 Å². The highest BCUT2D eigenvalue weighted by atomic mass is 15.1. The average molecular weight is 677 g/mol. The summed E-state index contributed by atoms with van der Waals surface area (Å²) < 4.78 is 2.41. The average Bonchev–Trinajstić information content (AvgIpc) is 3.55. The predicted octanol–water partition coefficient (Wildman–Crippen LogP) is 14.1. The molecule has 0 amide bonds. The maximum absolute atomic E-state index is 2.41. The van der Waals surface area contributed by atoms with Crippen molar-refractivity contribution in [3.05, 3.63) is 200 Å². The van der Waals surface area contributed by atoms with Crippen LogP contribution in [0.2, 0.25) is 0 Å². The number of benzene rings is 9. The molecule has 2 heteroatoms. The first kappa shape index (κ1) is 30.9. The van der Waals surface area contributed by atoms with Crippen LogP contribution in [0, 0.1) is 0 Å². The molecule has 0 aliphatic rings. The molecule has 0 saturated carbocycles. The number of para-hydroxylation sites is 2. The van der Waals surface area contributed by atoms with Crippen LogP contribution in [0.5, 0.6) is 0 Å². The molecule has 0 aliphatic heterocycles. The van der Waals surface area contributed by atoms with E-state index in [4.69, 9.17) is 0 Å². The lowest BCUT2D eigenvalue weighted by Gasteiger charge is -2.26. The van der Waals surface area contributed by atoms with E-state index in [0.717, 1.165) is 17.1 Å². The van der Waals surface area contributed by atoms with Crippen LogP contribution in [-0.2, 0) is 7.05 Å². The Morgan fingerprint density at radius 3 is 1.32 bits per heavy atom. The molecule has 250 valence electrons. The molecule has 1 aromatic heterocycles. The van der Waals surface area contributed by atoms with E-state index in [0.29, 0.717) is 0 Å². The molecule has 53 heavy (non-hydrogen) atoms. The summed E-state index contributed by atoms with van der Waals surface area (Å²) >= 11 is 0. The van der Waals surface area contributed by atoms with E-state index in [9.17, 15) is 0 Å². The third-order valence-corrected chi connectivity index (χ3v) is 10.8. The standard InChI is InChI=1S/C51H36N2/c1-52-50-43(21-12-22-48(50)49-46-19-10-8-17-44(46)45-18-9-11-20-47(45)51(49)52)39-25-23-36(24-26-39)38-29-33-42(34-30-38)53(40-15-6-3-7-16-40)41-31-27-37(28-32-41)35-13-4-2-5-14-35/h2-34H,1H3. The van der Waals surface area contributed by atoms with Gasteiger partial charge in [-0.15, -0.1) is 0 Å². The van der Waals surface area contributed by atoms with E-state index < -0.39 is 0 Å². The Balaban J connectivity index is 1.01. The largest absolute Gasteiger partial charge is 0.343 e. The predicted molar refractivity (Wildman–Crippen MR) is 226 cm³/mol. The minimum Gasteiger partial charge on any atom is -0.343 e. The molecule has 0 atom stereocenters. The van der Waals surface area contributed by atoms with Crippen molar-refractivity contribution in [2.24, 2.45) is 7.05 Å². The van der Waals surface area contributed by atoms with Crippen LogP contribution < -0.4 is 4.90 Å². The highest BCUT2D eigenvalue weighted by Crippen LogP contribution is 2.43. The van der Waals surface area contributed by atoms with Crippen molar-refractivity contribution >= 4 is 60.4 Å². The van der Waals surface area contributed by atoms with Gasteiger partial charge in [-0.2, -0.15) is 0 Å². The Bertz CT molecular complexity index is 2900. The zero-order valence-electron chi connectivity index (χ0n) is 29.4. The number of aryl methyl sites for hydroxylation is 1. The lowest BCUT2D eigenvalue weighted by atomic mass is 9.95. The summed E-state index contributed by atoms with van der Waals surface area (Å²) in [4.78, 5) is 2.32. The van der Waals surface area contributed by atoms with Gasteiger partial charge in [0.1, 0.15) is 0 Å². The minimum atomic E-state index is 1.12. The minimum absolute atomic E-state index is 1.12. The van der Waals surface area contributed by atoms with Crippen molar-refractivity contribution in [3.63, 3.8) is 0 Å². The van der Waals surface area contributed by atoms with Crippen LogP contribution in [0.4, 0.5) is 17.1 Å². The van der Waals surface area contributed by atoms with Crippen LogP contribution >= 0.6 is 0 Å². The van der Waals surface area contributed by atoms with Crippen LogP contribution in [0.25, 0.3) is 76.7 Å². The molecule has 0 N–H and O–H groups in total. The number of nitrogens with zero attached hydrogens (tertiary/aromatic N) is 2. The highest BCUT2D eigenvalue weighted by molar-refractivity contribution is 6.32. The molecule has 0 bridgehead atoms. The Kier molecular flexibility index (Phi) is 7.40. The van der Waals surface area contributed by atoms with Gasteiger partial charge in [0.25, 0.3) is 0 Å². The van der Waals surface area contributed by atoms with E-state index in [2.05, 4.69) is 217 Å². The maximum Gasteiger partial charge on any atom is 0.0575 e. The fourth-order valence-electron chi connectivity index (χ4n) is 8.30. The van der Waals surface area contributed by atoms with Crippen molar-refractivity contribution in [1.29, 1.82) is 0 Å². The van der Waals surface area contributed by atoms with Gasteiger partial charge in [-0.25, -0.2) is 0 Å². The van der Waals surface area contributed by atoms with Gasteiger partial charge in [0.05, 0.1) is 11.0 Å². The maximum atomic E-state index is 2.41. The smallest absolute Gasteiger partial charge is 0.0575 e. The second-order valence-electron chi connectivity index (χ2n) is 13.8. The molecule has 0 saturated heterocycles. The van der Waals surface area contributed by atoms with Crippen molar-refractivity contribution in [1.82, 2.24) is 4.57 Å². The van der Waals surface area contributed by atoms with Gasteiger partial charge in [-0.05, 0) is 80.4 Å². The zero-order valence-corrected chi connectivity index (χ0v) is 29.4. The second-order valence-corrected chi connectivity index (χ2v) is 13.8. The van der Waals surface area contributed by atoms with Gasteiger partial charge < -0.3 is 9.47 Å². The lowest BCUT2D eigenvalue weighted by molar-refractivity contribution is 1.02. The zero-order chi connectivity index (χ0) is 35.3. The molecule has 0 fully saturated rings. The molecule has 0 unspecified atom stereocenters. The molecule has 0 aliphatic carbocycles. The summed E-state index contributed by atoms with van der Waals surface area (Å²) in [7, 11) is 2.22. The van der Waals surface area contributed by atoms with Crippen molar-refractivity contribution in [3.8, 4) is 33.4 Å². The summed E-state index contributed by atoms with van der Waals surface area (Å²) in [6, 6.07) is 72.4. The third kappa shape index (κ3) is 5.19. The summed E-state index contributed by atoms with van der Waals surface area (Å²) in [5, 5.41) is 7.81. The monoisotopic (exact) mass is 676 g/mol. The fraction of sp³-hybridized carbons (Fsp3) is 0.0196. The first-order valence-electron chi connectivity index (χ1n) is 18.2. The molecule has 0 radical (unpaired) electrons. The number of aromatic nitrogens is 1. The number of hydrogen-bond donors (Lipinski definition) is 0. The molecule has 2 nitrogen and oxygen atoms in total. The van der Waals surface area contributed by atoms with Crippen LogP contribution in [0.15, 0.2) is 200 Å². The summed E-state index contributed by atoms with van der Waals surface area (Å²) in [5.41, 5.74) is 13.2. The first-order chi connectivity index (χ1) is 26.2. The van der Waals surface area contributed by atoms with E-state index in [1.165, 1.54) is 76.7 Å². The van der Waals surface area contributed by atoms with E-state index >= 15 is 0 Å². The molecule has 10 rings (SSSR count). The third-order valence-electron chi connectivity index (χ3n) is 10.8. The van der Waals surface area contributed by atoms with Gasteiger partial charge >= 0.3 is 0 Å². The fourth-order valence-corrected chi connectivity index (χ4v) is 8.30. The van der Waals surface area contributed by atoms with E-state index in [1.54, 1.807) is 0 Å². The van der Waals surface area contributed by atoms with E-state index in [-0.39, 0.29) is 0 Å².